The third-order valence-corrected chi connectivity index (χ3v) is 3.72. The van der Waals surface area contributed by atoms with Gasteiger partial charge in [-0.1, -0.05) is 18.2 Å². The second kappa shape index (κ2) is 6.56. The van der Waals surface area contributed by atoms with Crippen molar-refractivity contribution in [2.45, 2.75) is 31.0 Å². The van der Waals surface area contributed by atoms with E-state index < -0.39 is 17.5 Å². The van der Waals surface area contributed by atoms with Crippen molar-refractivity contribution in [2.75, 3.05) is 13.1 Å². The van der Waals surface area contributed by atoms with Crippen LogP contribution in [0, 0.1) is 0 Å². The maximum atomic E-state index is 12.4. The van der Waals surface area contributed by atoms with Crippen LogP contribution in [0.5, 0.6) is 5.75 Å². The Morgan fingerprint density at radius 1 is 1.19 bits per heavy atom. The summed E-state index contributed by atoms with van der Waals surface area (Å²) < 4.78 is 41.1. The molecule has 1 heterocycles. The molecule has 1 aliphatic heterocycles. The molecule has 0 radical (unpaired) electrons. The molecule has 1 fully saturated rings. The summed E-state index contributed by atoms with van der Waals surface area (Å²) in [7, 11) is 0. The number of rotatable bonds is 3. The van der Waals surface area contributed by atoms with Gasteiger partial charge < -0.3 is 9.64 Å². The Morgan fingerprint density at radius 2 is 1.81 bits per heavy atom. The lowest BCUT2D eigenvalue weighted by Gasteiger charge is -2.29. The van der Waals surface area contributed by atoms with Gasteiger partial charge in [0.1, 0.15) is 11.1 Å². The number of hydrogen-bond donors (Lipinski definition) is 0. The molecule has 0 N–H and O–H groups in total. The average Bonchev–Trinajstić information content (AvgIpc) is 2.45. The maximum absolute atomic E-state index is 12.4. The first-order valence-corrected chi connectivity index (χ1v) is 7.09. The number of carbonyl (C=O) groups is 1. The highest BCUT2D eigenvalue weighted by Crippen LogP contribution is 2.34. The second-order valence-corrected chi connectivity index (χ2v) is 5.27. The van der Waals surface area contributed by atoms with E-state index in [-0.39, 0.29) is 11.5 Å². The molecule has 0 aromatic heterocycles. The number of alkyl halides is 4. The van der Waals surface area contributed by atoms with Crippen LogP contribution in [0.2, 0.25) is 0 Å². The Bertz CT molecular complexity index is 501. The first kappa shape index (κ1) is 15.9. The Kier molecular flexibility index (Phi) is 4.98. The van der Waals surface area contributed by atoms with E-state index in [1.165, 1.54) is 18.2 Å². The van der Waals surface area contributed by atoms with Crippen LogP contribution in [0.1, 0.15) is 30.2 Å². The van der Waals surface area contributed by atoms with Crippen LogP contribution in [0.3, 0.4) is 0 Å². The number of benzene rings is 1. The highest BCUT2D eigenvalue weighted by molar-refractivity contribution is 6.31. The quantitative estimate of drug-likeness (QED) is 0.791. The third-order valence-electron chi connectivity index (χ3n) is 3.30. The molecule has 116 valence electrons. The molecule has 0 aliphatic carbocycles. The summed E-state index contributed by atoms with van der Waals surface area (Å²) in [6, 6.07) is 5.46. The molecule has 0 saturated carbocycles. The van der Waals surface area contributed by atoms with Crippen molar-refractivity contribution in [1.82, 2.24) is 4.90 Å². The molecule has 0 spiro atoms. The fraction of sp³-hybridized carbons (Fsp3) is 0.500. The van der Waals surface area contributed by atoms with Crippen molar-refractivity contribution < 1.29 is 22.7 Å². The topological polar surface area (TPSA) is 29.5 Å². The van der Waals surface area contributed by atoms with Gasteiger partial charge in [0.15, 0.2) is 0 Å². The van der Waals surface area contributed by atoms with Crippen molar-refractivity contribution in [3.63, 3.8) is 0 Å². The van der Waals surface area contributed by atoms with Crippen molar-refractivity contribution in [3.05, 3.63) is 29.8 Å². The number of likely N-dealkylation sites (tertiary alicyclic amines) is 1. The molecule has 3 nitrogen and oxygen atoms in total. The van der Waals surface area contributed by atoms with Crippen molar-refractivity contribution in [1.29, 1.82) is 0 Å². The van der Waals surface area contributed by atoms with E-state index in [4.69, 9.17) is 11.6 Å². The van der Waals surface area contributed by atoms with Gasteiger partial charge in [-0.2, -0.15) is 0 Å². The van der Waals surface area contributed by atoms with E-state index in [9.17, 15) is 18.0 Å². The van der Waals surface area contributed by atoms with Gasteiger partial charge in [0.05, 0.1) is 0 Å². The summed E-state index contributed by atoms with van der Waals surface area (Å²) in [4.78, 5) is 13.9. The zero-order valence-corrected chi connectivity index (χ0v) is 12.0. The van der Waals surface area contributed by atoms with E-state index in [0.29, 0.717) is 13.1 Å². The average molecular weight is 322 g/mol. The summed E-state index contributed by atoms with van der Waals surface area (Å²) in [5.41, 5.74) is 0.0343. The second-order valence-electron chi connectivity index (χ2n) is 4.83. The standard InChI is InChI=1S/C14H15ClF3NO2/c15-12(13(20)19-8-4-1-5-9-19)10-6-2-3-7-11(10)21-14(16,17)18/h2-3,6-7,12H,1,4-5,8-9H2. The SMILES string of the molecule is O=C(C(Cl)c1ccccc1OC(F)(F)F)N1CCCCC1. The molecular formula is C14H15ClF3NO2. The minimum atomic E-state index is -4.82. The molecule has 0 bridgehead atoms. The Morgan fingerprint density at radius 3 is 2.43 bits per heavy atom. The van der Waals surface area contributed by atoms with Crippen LogP contribution >= 0.6 is 11.6 Å². The maximum Gasteiger partial charge on any atom is 0.573 e. The largest absolute Gasteiger partial charge is 0.573 e. The number of ether oxygens (including phenoxy) is 1. The first-order chi connectivity index (χ1) is 9.88. The summed E-state index contributed by atoms with van der Waals surface area (Å²) in [6.45, 7) is 1.18. The molecule has 1 amide bonds. The number of piperidine rings is 1. The number of para-hydroxylation sites is 1. The predicted octanol–water partition coefficient (Wildman–Crippen LogP) is 3.88. The lowest BCUT2D eigenvalue weighted by atomic mass is 10.1. The number of nitrogens with zero attached hydrogens (tertiary/aromatic N) is 1. The van der Waals surface area contributed by atoms with Crippen molar-refractivity contribution in [2.24, 2.45) is 0 Å². The van der Waals surface area contributed by atoms with Gasteiger partial charge in [0.25, 0.3) is 0 Å². The molecule has 1 aliphatic rings. The minimum absolute atomic E-state index is 0.0343. The van der Waals surface area contributed by atoms with E-state index >= 15 is 0 Å². The van der Waals surface area contributed by atoms with E-state index in [0.717, 1.165) is 25.3 Å². The predicted molar refractivity (Wildman–Crippen MR) is 72.2 cm³/mol. The number of hydrogen-bond acceptors (Lipinski definition) is 2. The molecule has 1 aromatic carbocycles. The lowest BCUT2D eigenvalue weighted by Crippen LogP contribution is -2.37. The lowest BCUT2D eigenvalue weighted by molar-refractivity contribution is -0.274. The zero-order chi connectivity index (χ0) is 15.5. The Labute approximate surface area is 125 Å². The highest BCUT2D eigenvalue weighted by atomic mass is 35.5. The monoisotopic (exact) mass is 321 g/mol. The van der Waals surface area contributed by atoms with Gasteiger partial charge in [-0.3, -0.25) is 4.79 Å². The van der Waals surface area contributed by atoms with Crippen LogP contribution in [-0.4, -0.2) is 30.3 Å². The highest BCUT2D eigenvalue weighted by Gasteiger charge is 2.34. The zero-order valence-electron chi connectivity index (χ0n) is 11.2. The fourth-order valence-corrected chi connectivity index (χ4v) is 2.63. The third kappa shape index (κ3) is 4.27. The smallest absolute Gasteiger partial charge is 0.405 e. The van der Waals surface area contributed by atoms with E-state index in [2.05, 4.69) is 4.74 Å². The number of halogens is 4. The summed E-state index contributed by atoms with van der Waals surface area (Å²) in [5, 5.41) is -1.18. The molecule has 1 aromatic rings. The van der Waals surface area contributed by atoms with Crippen LogP contribution in [0.15, 0.2) is 24.3 Å². The van der Waals surface area contributed by atoms with E-state index in [1.54, 1.807) is 4.90 Å². The fourth-order valence-electron chi connectivity index (χ4n) is 2.32. The molecule has 21 heavy (non-hydrogen) atoms. The van der Waals surface area contributed by atoms with Crippen LogP contribution in [0.4, 0.5) is 13.2 Å². The van der Waals surface area contributed by atoms with Gasteiger partial charge in [0.2, 0.25) is 5.91 Å². The van der Waals surface area contributed by atoms with Gasteiger partial charge in [-0.15, -0.1) is 24.8 Å². The van der Waals surface area contributed by atoms with Gasteiger partial charge in [-0.25, -0.2) is 0 Å². The minimum Gasteiger partial charge on any atom is -0.405 e. The van der Waals surface area contributed by atoms with Crippen LogP contribution < -0.4 is 4.74 Å². The number of amides is 1. The normalized spacial score (nSPS) is 17.4. The summed E-state index contributed by atoms with van der Waals surface area (Å²) in [5.74, 6) is -0.815. The van der Waals surface area contributed by atoms with Gasteiger partial charge in [-0.05, 0) is 25.3 Å². The van der Waals surface area contributed by atoms with Crippen molar-refractivity contribution in [3.8, 4) is 5.75 Å². The van der Waals surface area contributed by atoms with E-state index in [1.807, 2.05) is 0 Å². The molecule has 2 rings (SSSR count). The van der Waals surface area contributed by atoms with Gasteiger partial charge in [0, 0.05) is 18.7 Å². The summed E-state index contributed by atoms with van der Waals surface area (Å²) >= 11 is 6.09. The molecule has 1 atom stereocenters. The summed E-state index contributed by atoms with van der Waals surface area (Å²) in [6.07, 6.45) is -2.00. The van der Waals surface area contributed by atoms with Gasteiger partial charge >= 0.3 is 6.36 Å². The molecular weight excluding hydrogens is 307 g/mol. The van der Waals surface area contributed by atoms with Crippen LogP contribution in [-0.2, 0) is 4.79 Å². The number of carbonyl (C=O) groups excluding carboxylic acids is 1. The van der Waals surface area contributed by atoms with Crippen molar-refractivity contribution >= 4 is 17.5 Å². The molecule has 1 saturated heterocycles. The van der Waals surface area contributed by atoms with Crippen LogP contribution in [0.25, 0.3) is 0 Å². The Balaban J connectivity index is 2.18. The molecule has 7 heteroatoms. The first-order valence-electron chi connectivity index (χ1n) is 6.66. The molecule has 1 unspecified atom stereocenters. The Hall–Kier alpha value is -1.43.